The van der Waals surface area contributed by atoms with E-state index in [4.69, 9.17) is 26.0 Å². The van der Waals surface area contributed by atoms with Crippen LogP contribution in [0, 0.1) is 0 Å². The molecule has 0 spiro atoms. The summed E-state index contributed by atoms with van der Waals surface area (Å²) < 4.78 is 10.5. The van der Waals surface area contributed by atoms with Gasteiger partial charge in [-0.3, -0.25) is 0 Å². The van der Waals surface area contributed by atoms with Crippen molar-refractivity contribution in [2.75, 3.05) is 6.61 Å². The van der Waals surface area contributed by atoms with Gasteiger partial charge >= 0.3 is 5.97 Å². The molecule has 0 aliphatic heterocycles. The molecule has 0 bridgehead atoms. The van der Waals surface area contributed by atoms with Gasteiger partial charge in [0.25, 0.3) is 0 Å². The van der Waals surface area contributed by atoms with Crippen molar-refractivity contribution in [3.63, 3.8) is 0 Å². The number of ether oxygens (including phenoxy) is 1. The minimum atomic E-state index is -1.21. The molecule has 5 nitrogen and oxygen atoms in total. The number of nitrogens with zero attached hydrogens (tertiary/aromatic N) is 1. The topological polar surface area (TPSA) is 72.6 Å². The average molecular weight is 310 g/mol. The third kappa shape index (κ3) is 4.06. The maximum absolute atomic E-state index is 10.9. The van der Waals surface area contributed by atoms with E-state index < -0.39 is 11.6 Å². The first-order chi connectivity index (χ1) is 9.88. The number of halogens is 1. The zero-order valence-electron chi connectivity index (χ0n) is 11.8. The molecule has 1 aromatic carbocycles. The summed E-state index contributed by atoms with van der Waals surface area (Å²) in [6.07, 6.45) is 0.456. The summed E-state index contributed by atoms with van der Waals surface area (Å²) in [4.78, 5) is 10.9. The lowest BCUT2D eigenvalue weighted by Crippen LogP contribution is -2.35. The summed E-state index contributed by atoms with van der Waals surface area (Å²) in [6.45, 7) is 3.26. The zero-order chi connectivity index (χ0) is 15.5. The summed E-state index contributed by atoms with van der Waals surface area (Å²) in [7, 11) is 0. The highest BCUT2D eigenvalue weighted by Crippen LogP contribution is 2.21. The fourth-order valence-corrected chi connectivity index (χ4v) is 1.78. The normalized spacial score (nSPS) is 11.6. The third-order valence-electron chi connectivity index (χ3n) is 3.03. The van der Waals surface area contributed by atoms with E-state index in [1.165, 1.54) is 13.8 Å². The van der Waals surface area contributed by atoms with Crippen LogP contribution in [-0.2, 0) is 16.0 Å². The molecule has 1 heterocycles. The molecule has 2 rings (SSSR count). The van der Waals surface area contributed by atoms with E-state index in [1.54, 1.807) is 18.2 Å². The van der Waals surface area contributed by atoms with E-state index in [-0.39, 0.29) is 6.61 Å². The molecule has 0 amide bonds. The van der Waals surface area contributed by atoms with Gasteiger partial charge in [0.15, 0.2) is 5.60 Å². The predicted molar refractivity (Wildman–Crippen MR) is 78.3 cm³/mol. The van der Waals surface area contributed by atoms with Crippen molar-refractivity contribution in [1.82, 2.24) is 5.16 Å². The molecular formula is C15H16ClNO4. The van der Waals surface area contributed by atoms with Gasteiger partial charge in [0, 0.05) is 23.1 Å². The summed E-state index contributed by atoms with van der Waals surface area (Å²) in [6, 6.07) is 9.08. The smallest absolute Gasteiger partial charge is 0.335 e. The summed E-state index contributed by atoms with van der Waals surface area (Å²) >= 11 is 5.83. The van der Waals surface area contributed by atoms with E-state index in [1.807, 2.05) is 12.1 Å². The Balaban J connectivity index is 1.95. The molecule has 6 heteroatoms. The maximum atomic E-state index is 10.9. The molecule has 0 radical (unpaired) electrons. The molecule has 1 N–H and O–H groups in total. The number of aromatic nitrogens is 1. The van der Waals surface area contributed by atoms with Crippen molar-refractivity contribution >= 4 is 17.6 Å². The number of carbonyl (C=O) groups is 1. The van der Waals surface area contributed by atoms with Crippen LogP contribution in [-0.4, -0.2) is 28.4 Å². The van der Waals surface area contributed by atoms with Crippen molar-refractivity contribution in [3.05, 3.63) is 41.1 Å². The summed E-state index contributed by atoms with van der Waals surface area (Å²) in [5.41, 5.74) is 0.402. The highest BCUT2D eigenvalue weighted by Gasteiger charge is 2.27. The van der Waals surface area contributed by atoms with Crippen molar-refractivity contribution in [2.24, 2.45) is 0 Å². The maximum Gasteiger partial charge on any atom is 0.335 e. The molecule has 1 aromatic heterocycles. The minimum Gasteiger partial charge on any atom is -0.479 e. The van der Waals surface area contributed by atoms with E-state index in [2.05, 4.69) is 5.16 Å². The Bertz CT molecular complexity index is 619. The lowest BCUT2D eigenvalue weighted by molar-refractivity contribution is -0.161. The fourth-order valence-electron chi connectivity index (χ4n) is 1.66. The van der Waals surface area contributed by atoms with Crippen molar-refractivity contribution in [1.29, 1.82) is 0 Å². The van der Waals surface area contributed by atoms with Crippen molar-refractivity contribution < 1.29 is 19.2 Å². The van der Waals surface area contributed by atoms with E-state index in [9.17, 15) is 4.79 Å². The van der Waals surface area contributed by atoms with E-state index in [0.717, 1.165) is 5.56 Å². The van der Waals surface area contributed by atoms with Crippen LogP contribution in [0.5, 0.6) is 0 Å². The number of carboxylic acids is 1. The second-order valence-electron chi connectivity index (χ2n) is 5.10. The molecule has 0 fully saturated rings. The van der Waals surface area contributed by atoms with Crippen LogP contribution in [0.4, 0.5) is 0 Å². The van der Waals surface area contributed by atoms with Gasteiger partial charge in [-0.05, 0) is 26.0 Å². The Hall–Kier alpha value is -1.85. The first-order valence-electron chi connectivity index (χ1n) is 6.47. The number of benzene rings is 1. The van der Waals surface area contributed by atoms with Crippen LogP contribution in [0.1, 0.15) is 19.6 Å². The minimum absolute atomic E-state index is 0.245. The lowest BCUT2D eigenvalue weighted by atomic mass is 10.1. The molecule has 0 unspecified atom stereocenters. The van der Waals surface area contributed by atoms with Gasteiger partial charge in [0.2, 0.25) is 0 Å². The molecule has 0 atom stereocenters. The van der Waals surface area contributed by atoms with Crippen LogP contribution < -0.4 is 0 Å². The quantitative estimate of drug-likeness (QED) is 0.885. The molecule has 0 saturated carbocycles. The van der Waals surface area contributed by atoms with Gasteiger partial charge in [-0.25, -0.2) is 4.79 Å². The van der Waals surface area contributed by atoms with Crippen LogP contribution in [0.25, 0.3) is 11.3 Å². The fraction of sp³-hybridized carbons (Fsp3) is 0.333. The number of carboxylic acid groups (broad SMARTS) is 1. The summed E-state index contributed by atoms with van der Waals surface area (Å²) in [5, 5.41) is 13.6. The number of hydrogen-bond acceptors (Lipinski definition) is 4. The van der Waals surface area contributed by atoms with Crippen LogP contribution in [0.15, 0.2) is 34.9 Å². The first kappa shape index (κ1) is 15.5. The molecule has 0 aliphatic carbocycles. The monoisotopic (exact) mass is 309 g/mol. The lowest BCUT2D eigenvalue weighted by Gasteiger charge is -2.19. The Kier molecular flexibility index (Phi) is 4.65. The Labute approximate surface area is 127 Å². The number of rotatable bonds is 6. The molecule has 2 aromatic rings. The van der Waals surface area contributed by atoms with Gasteiger partial charge in [-0.15, -0.1) is 0 Å². The van der Waals surface area contributed by atoms with Crippen LogP contribution in [0.3, 0.4) is 0 Å². The molecular weight excluding hydrogens is 294 g/mol. The number of hydrogen-bond donors (Lipinski definition) is 1. The third-order valence-corrected chi connectivity index (χ3v) is 3.28. The van der Waals surface area contributed by atoms with Crippen LogP contribution in [0.2, 0.25) is 5.02 Å². The summed E-state index contributed by atoms with van der Waals surface area (Å²) in [5.74, 6) is -0.358. The SMILES string of the molecule is CC(C)(OCCc1cc(-c2ccc(Cl)cc2)no1)C(=O)O. The highest BCUT2D eigenvalue weighted by atomic mass is 35.5. The second kappa shape index (κ2) is 6.28. The average Bonchev–Trinajstić information content (AvgIpc) is 2.88. The largest absolute Gasteiger partial charge is 0.479 e. The van der Waals surface area contributed by atoms with Gasteiger partial charge in [-0.1, -0.05) is 28.9 Å². The van der Waals surface area contributed by atoms with Crippen molar-refractivity contribution in [2.45, 2.75) is 25.9 Å². The molecule has 112 valence electrons. The zero-order valence-corrected chi connectivity index (χ0v) is 12.6. The number of aliphatic carboxylic acids is 1. The predicted octanol–water partition coefficient (Wildman–Crippen LogP) is 3.42. The second-order valence-corrected chi connectivity index (χ2v) is 5.54. The van der Waals surface area contributed by atoms with Gasteiger partial charge in [0.1, 0.15) is 11.5 Å². The molecule has 21 heavy (non-hydrogen) atoms. The van der Waals surface area contributed by atoms with Crippen molar-refractivity contribution in [3.8, 4) is 11.3 Å². The van der Waals surface area contributed by atoms with Crippen LogP contribution >= 0.6 is 11.6 Å². The van der Waals surface area contributed by atoms with Gasteiger partial charge in [0.05, 0.1) is 6.61 Å². The van der Waals surface area contributed by atoms with E-state index in [0.29, 0.717) is 22.9 Å². The standard InChI is InChI=1S/C15H16ClNO4/c1-15(2,14(18)19)20-8-7-12-9-13(17-21-12)10-3-5-11(16)6-4-10/h3-6,9H,7-8H2,1-2H3,(H,18,19). The van der Waals surface area contributed by atoms with Gasteiger partial charge < -0.3 is 14.4 Å². The Morgan fingerprint density at radius 2 is 2.05 bits per heavy atom. The van der Waals surface area contributed by atoms with Gasteiger partial charge in [-0.2, -0.15) is 0 Å². The Morgan fingerprint density at radius 3 is 2.67 bits per heavy atom. The first-order valence-corrected chi connectivity index (χ1v) is 6.85. The highest BCUT2D eigenvalue weighted by molar-refractivity contribution is 6.30. The molecule has 0 aliphatic rings. The van der Waals surface area contributed by atoms with E-state index >= 15 is 0 Å². The molecule has 0 saturated heterocycles. The Morgan fingerprint density at radius 1 is 1.38 bits per heavy atom.